The first-order valence-electron chi connectivity index (χ1n) is 5.67. The van der Waals surface area contributed by atoms with Gasteiger partial charge in [-0.3, -0.25) is 4.79 Å². The normalized spacial score (nSPS) is 12.5. The molecule has 0 aliphatic carbocycles. The fourth-order valence-electron chi connectivity index (χ4n) is 1.66. The minimum atomic E-state index is -0.331. The van der Waals surface area contributed by atoms with Crippen molar-refractivity contribution < 1.29 is 9.18 Å². The van der Waals surface area contributed by atoms with Crippen LogP contribution in [0.5, 0.6) is 0 Å². The topological polar surface area (TPSA) is 32.3 Å². The lowest BCUT2D eigenvalue weighted by Crippen LogP contribution is -2.32. The van der Waals surface area contributed by atoms with Crippen molar-refractivity contribution >= 4 is 5.91 Å². The molecule has 0 fully saturated rings. The third kappa shape index (κ3) is 4.95. The van der Waals surface area contributed by atoms with E-state index in [1.54, 1.807) is 0 Å². The van der Waals surface area contributed by atoms with E-state index in [0.717, 1.165) is 6.54 Å². The SMILES string of the molecule is C[C@@H](CNC(=O)c1ccc(F)cc1)CN(C)C. The summed E-state index contributed by atoms with van der Waals surface area (Å²) >= 11 is 0. The zero-order chi connectivity index (χ0) is 12.8. The Morgan fingerprint density at radius 1 is 1.35 bits per heavy atom. The highest BCUT2D eigenvalue weighted by molar-refractivity contribution is 5.94. The quantitative estimate of drug-likeness (QED) is 0.847. The number of amides is 1. The van der Waals surface area contributed by atoms with Crippen molar-refractivity contribution in [2.45, 2.75) is 6.92 Å². The predicted molar refractivity (Wildman–Crippen MR) is 66.5 cm³/mol. The zero-order valence-electron chi connectivity index (χ0n) is 10.5. The van der Waals surface area contributed by atoms with Gasteiger partial charge in [-0.15, -0.1) is 0 Å². The number of halogens is 1. The Labute approximate surface area is 102 Å². The smallest absolute Gasteiger partial charge is 0.251 e. The van der Waals surface area contributed by atoms with E-state index < -0.39 is 0 Å². The summed E-state index contributed by atoms with van der Waals surface area (Å²) in [6.45, 7) is 3.61. The van der Waals surface area contributed by atoms with E-state index >= 15 is 0 Å². The van der Waals surface area contributed by atoms with Crippen LogP contribution in [0.15, 0.2) is 24.3 Å². The van der Waals surface area contributed by atoms with Gasteiger partial charge < -0.3 is 10.2 Å². The Balaban J connectivity index is 2.42. The molecule has 0 bridgehead atoms. The molecule has 0 aliphatic heterocycles. The first kappa shape index (κ1) is 13.6. The summed E-state index contributed by atoms with van der Waals surface area (Å²) in [5, 5.41) is 2.84. The maximum absolute atomic E-state index is 12.7. The molecule has 0 unspecified atom stereocenters. The van der Waals surface area contributed by atoms with E-state index in [0.29, 0.717) is 18.0 Å². The van der Waals surface area contributed by atoms with Crippen LogP contribution in [0.1, 0.15) is 17.3 Å². The first-order valence-corrected chi connectivity index (χ1v) is 5.67. The summed E-state index contributed by atoms with van der Waals surface area (Å²) in [6, 6.07) is 5.55. The Hall–Kier alpha value is -1.42. The molecular weight excluding hydrogens is 219 g/mol. The molecule has 0 aliphatic rings. The molecule has 0 saturated carbocycles. The number of rotatable bonds is 5. The molecule has 94 valence electrons. The Morgan fingerprint density at radius 3 is 2.47 bits per heavy atom. The van der Waals surface area contributed by atoms with E-state index in [4.69, 9.17) is 0 Å². The molecule has 1 amide bonds. The third-order valence-corrected chi connectivity index (χ3v) is 2.39. The van der Waals surface area contributed by atoms with Crippen molar-refractivity contribution in [3.05, 3.63) is 35.6 Å². The van der Waals surface area contributed by atoms with E-state index in [1.807, 2.05) is 14.1 Å². The first-order chi connectivity index (χ1) is 7.99. The lowest BCUT2D eigenvalue weighted by atomic mass is 10.1. The highest BCUT2D eigenvalue weighted by Crippen LogP contribution is 2.03. The largest absolute Gasteiger partial charge is 0.352 e. The van der Waals surface area contributed by atoms with Gasteiger partial charge in [0.05, 0.1) is 0 Å². The van der Waals surface area contributed by atoms with Crippen LogP contribution in [0.25, 0.3) is 0 Å². The van der Waals surface area contributed by atoms with Gasteiger partial charge in [0, 0.05) is 18.7 Å². The number of nitrogens with zero attached hydrogens (tertiary/aromatic N) is 1. The van der Waals surface area contributed by atoms with Crippen molar-refractivity contribution in [1.82, 2.24) is 10.2 Å². The monoisotopic (exact) mass is 238 g/mol. The predicted octanol–water partition coefficient (Wildman–Crippen LogP) is 1.75. The van der Waals surface area contributed by atoms with Gasteiger partial charge in [0.1, 0.15) is 5.82 Å². The van der Waals surface area contributed by atoms with Crippen molar-refractivity contribution in [3.8, 4) is 0 Å². The molecule has 0 radical (unpaired) electrons. The molecule has 1 atom stereocenters. The molecule has 1 rings (SSSR count). The summed E-state index contributed by atoms with van der Waals surface area (Å²) in [5.41, 5.74) is 0.489. The molecule has 17 heavy (non-hydrogen) atoms. The molecule has 0 saturated heterocycles. The fourth-order valence-corrected chi connectivity index (χ4v) is 1.66. The number of nitrogens with one attached hydrogen (secondary N) is 1. The number of carbonyl (C=O) groups excluding carboxylic acids is 1. The summed E-state index contributed by atoms with van der Waals surface area (Å²) < 4.78 is 12.7. The molecule has 1 aromatic carbocycles. The summed E-state index contributed by atoms with van der Waals surface area (Å²) in [5.74, 6) is -0.104. The van der Waals surface area contributed by atoms with Crippen LogP contribution >= 0.6 is 0 Å². The molecule has 0 heterocycles. The number of hydrogen-bond donors (Lipinski definition) is 1. The van der Waals surface area contributed by atoms with Gasteiger partial charge >= 0.3 is 0 Å². The van der Waals surface area contributed by atoms with Crippen molar-refractivity contribution in [1.29, 1.82) is 0 Å². The van der Waals surface area contributed by atoms with Gasteiger partial charge in [0.25, 0.3) is 5.91 Å². The molecule has 1 N–H and O–H groups in total. The Morgan fingerprint density at radius 2 is 1.94 bits per heavy atom. The van der Waals surface area contributed by atoms with Gasteiger partial charge in [0.2, 0.25) is 0 Å². The average molecular weight is 238 g/mol. The molecule has 0 spiro atoms. The number of carbonyl (C=O) groups is 1. The van der Waals surface area contributed by atoms with Gasteiger partial charge in [-0.2, -0.15) is 0 Å². The van der Waals surface area contributed by atoms with E-state index in [-0.39, 0.29) is 11.7 Å². The molecular formula is C13H19FN2O. The van der Waals surface area contributed by atoms with E-state index in [9.17, 15) is 9.18 Å². The maximum atomic E-state index is 12.7. The zero-order valence-corrected chi connectivity index (χ0v) is 10.5. The summed E-state index contributed by atoms with van der Waals surface area (Å²) in [7, 11) is 4.00. The van der Waals surface area contributed by atoms with Crippen LogP contribution in [0.4, 0.5) is 4.39 Å². The molecule has 3 nitrogen and oxygen atoms in total. The fraction of sp³-hybridized carbons (Fsp3) is 0.462. The second-order valence-corrected chi connectivity index (χ2v) is 4.58. The van der Waals surface area contributed by atoms with Crippen LogP contribution in [0, 0.1) is 11.7 Å². The van der Waals surface area contributed by atoms with Crippen LogP contribution in [-0.4, -0.2) is 38.0 Å². The lowest BCUT2D eigenvalue weighted by Gasteiger charge is -2.17. The van der Waals surface area contributed by atoms with Gasteiger partial charge in [-0.05, 0) is 44.3 Å². The highest BCUT2D eigenvalue weighted by atomic mass is 19.1. The average Bonchev–Trinajstić information content (AvgIpc) is 2.26. The van der Waals surface area contributed by atoms with Crippen LogP contribution in [-0.2, 0) is 0 Å². The maximum Gasteiger partial charge on any atom is 0.251 e. The van der Waals surface area contributed by atoms with Crippen LogP contribution < -0.4 is 5.32 Å². The van der Waals surface area contributed by atoms with Crippen molar-refractivity contribution in [2.24, 2.45) is 5.92 Å². The minimum Gasteiger partial charge on any atom is -0.352 e. The Kier molecular flexibility index (Phi) is 5.10. The summed E-state index contributed by atoms with van der Waals surface area (Å²) in [4.78, 5) is 13.8. The molecule has 1 aromatic rings. The summed E-state index contributed by atoms with van der Waals surface area (Å²) in [6.07, 6.45) is 0. The van der Waals surface area contributed by atoms with E-state index in [2.05, 4.69) is 17.1 Å². The second kappa shape index (κ2) is 6.35. The van der Waals surface area contributed by atoms with Crippen LogP contribution in [0.2, 0.25) is 0 Å². The van der Waals surface area contributed by atoms with Crippen molar-refractivity contribution in [2.75, 3.05) is 27.2 Å². The number of benzene rings is 1. The second-order valence-electron chi connectivity index (χ2n) is 4.58. The minimum absolute atomic E-state index is 0.157. The standard InChI is InChI=1S/C13H19FN2O/c1-10(9-16(2)3)8-15-13(17)11-4-6-12(14)7-5-11/h4-7,10H,8-9H2,1-3H3,(H,15,17)/t10-/m0/s1. The number of hydrogen-bond acceptors (Lipinski definition) is 2. The Bertz CT molecular complexity index is 362. The molecule has 0 aromatic heterocycles. The van der Waals surface area contributed by atoms with Gasteiger partial charge in [-0.25, -0.2) is 4.39 Å². The van der Waals surface area contributed by atoms with Crippen LogP contribution in [0.3, 0.4) is 0 Å². The van der Waals surface area contributed by atoms with E-state index in [1.165, 1.54) is 24.3 Å². The van der Waals surface area contributed by atoms with Gasteiger partial charge in [0.15, 0.2) is 0 Å². The van der Waals surface area contributed by atoms with Gasteiger partial charge in [-0.1, -0.05) is 6.92 Å². The molecule has 4 heteroatoms. The van der Waals surface area contributed by atoms with Crippen molar-refractivity contribution in [3.63, 3.8) is 0 Å². The highest BCUT2D eigenvalue weighted by Gasteiger charge is 2.08. The third-order valence-electron chi connectivity index (χ3n) is 2.39. The lowest BCUT2D eigenvalue weighted by molar-refractivity contribution is 0.0946.